The van der Waals surface area contributed by atoms with Gasteiger partial charge in [0.05, 0.1) is 11.9 Å². The molecule has 29 heavy (non-hydrogen) atoms. The molecule has 0 radical (unpaired) electrons. The molecule has 0 saturated heterocycles. The molecule has 4 aromatic rings. The largest absolute Gasteiger partial charge is 0.317 e. The summed E-state index contributed by atoms with van der Waals surface area (Å²) < 4.78 is 2.23. The van der Waals surface area contributed by atoms with Crippen LogP contribution in [0.25, 0.3) is 16.5 Å². The number of nitrogens with zero attached hydrogens (tertiary/aromatic N) is 2. The van der Waals surface area contributed by atoms with Crippen LogP contribution in [0.3, 0.4) is 0 Å². The Hall–Kier alpha value is -3.66. The number of hydrazone groups is 1. The first kappa shape index (κ1) is 18.7. The summed E-state index contributed by atoms with van der Waals surface area (Å²) in [6.07, 6.45) is 1.71. The lowest BCUT2D eigenvalue weighted by atomic mass is 10.1. The molecule has 0 aliphatic rings. The van der Waals surface area contributed by atoms with Gasteiger partial charge < -0.3 is 4.57 Å². The number of hydrogen-bond acceptors (Lipinski definition) is 2. The van der Waals surface area contributed by atoms with Gasteiger partial charge in [-0.15, -0.1) is 0 Å². The third-order valence-electron chi connectivity index (χ3n) is 5.13. The standard InChI is InChI=1S/C25H23N3O/c1-17-8-6-11-21(14-17)25(29)27-26-16-22-15-18(2)28(19(22)3)24-13-7-10-20-9-4-5-12-23(20)24/h4-16H,1-3H3,(H,27,29)/b26-16-. The van der Waals surface area contributed by atoms with Crippen molar-refractivity contribution in [1.82, 2.24) is 9.99 Å². The summed E-state index contributed by atoms with van der Waals surface area (Å²) in [7, 11) is 0. The number of carbonyl (C=O) groups excluding carboxylic acids is 1. The van der Waals surface area contributed by atoms with Crippen LogP contribution < -0.4 is 5.43 Å². The Balaban J connectivity index is 1.62. The Morgan fingerprint density at radius 2 is 1.69 bits per heavy atom. The summed E-state index contributed by atoms with van der Waals surface area (Å²) in [5.74, 6) is -0.215. The van der Waals surface area contributed by atoms with Crippen LogP contribution in [-0.4, -0.2) is 16.7 Å². The average Bonchev–Trinajstić information content (AvgIpc) is 3.00. The van der Waals surface area contributed by atoms with E-state index >= 15 is 0 Å². The summed E-state index contributed by atoms with van der Waals surface area (Å²) in [6, 6.07) is 24.2. The lowest BCUT2D eigenvalue weighted by molar-refractivity contribution is 0.0955. The Morgan fingerprint density at radius 3 is 2.52 bits per heavy atom. The molecule has 0 aliphatic heterocycles. The van der Waals surface area contributed by atoms with Gasteiger partial charge in [-0.3, -0.25) is 4.79 Å². The van der Waals surface area contributed by atoms with Gasteiger partial charge in [0.2, 0.25) is 0 Å². The minimum Gasteiger partial charge on any atom is -0.317 e. The van der Waals surface area contributed by atoms with Crippen LogP contribution in [0, 0.1) is 20.8 Å². The molecule has 0 saturated carbocycles. The molecule has 1 N–H and O–H groups in total. The molecular formula is C25H23N3O. The highest BCUT2D eigenvalue weighted by Gasteiger charge is 2.12. The van der Waals surface area contributed by atoms with E-state index in [-0.39, 0.29) is 5.91 Å². The minimum absolute atomic E-state index is 0.215. The molecule has 1 heterocycles. The Morgan fingerprint density at radius 1 is 0.931 bits per heavy atom. The van der Waals surface area contributed by atoms with Gasteiger partial charge >= 0.3 is 0 Å². The SMILES string of the molecule is Cc1cccc(C(=O)N/N=C\c2cc(C)n(-c3cccc4ccccc34)c2C)c1. The number of carbonyl (C=O) groups is 1. The zero-order valence-corrected chi connectivity index (χ0v) is 16.8. The minimum atomic E-state index is -0.215. The normalized spacial score (nSPS) is 11.3. The summed E-state index contributed by atoms with van der Waals surface area (Å²) in [6.45, 7) is 6.11. The van der Waals surface area contributed by atoms with Crippen LogP contribution in [0.2, 0.25) is 0 Å². The number of rotatable bonds is 4. The van der Waals surface area contributed by atoms with E-state index in [0.717, 1.165) is 28.2 Å². The van der Waals surface area contributed by atoms with Crippen LogP contribution in [0.15, 0.2) is 77.9 Å². The number of aryl methyl sites for hydroxylation is 2. The highest BCUT2D eigenvalue weighted by Crippen LogP contribution is 2.26. The van der Waals surface area contributed by atoms with Crippen molar-refractivity contribution in [3.8, 4) is 5.69 Å². The number of amides is 1. The van der Waals surface area contributed by atoms with E-state index in [1.807, 2.05) is 25.1 Å². The summed E-state index contributed by atoms with van der Waals surface area (Å²) in [4.78, 5) is 12.3. The Bertz CT molecular complexity index is 1230. The molecule has 0 atom stereocenters. The second-order valence-corrected chi connectivity index (χ2v) is 7.23. The molecule has 0 fully saturated rings. The molecule has 0 aliphatic carbocycles. The van der Waals surface area contributed by atoms with Gasteiger partial charge in [0.25, 0.3) is 5.91 Å². The smallest absolute Gasteiger partial charge is 0.271 e. The number of fused-ring (bicyclic) bond motifs is 1. The van der Waals surface area contributed by atoms with E-state index in [2.05, 4.69) is 77.5 Å². The third-order valence-corrected chi connectivity index (χ3v) is 5.13. The number of nitrogens with one attached hydrogen (secondary N) is 1. The first-order chi connectivity index (χ1) is 14.0. The van der Waals surface area contributed by atoms with Crippen molar-refractivity contribution in [2.24, 2.45) is 5.10 Å². The summed E-state index contributed by atoms with van der Waals surface area (Å²) in [5, 5.41) is 6.59. The van der Waals surface area contributed by atoms with Crippen LogP contribution in [0.5, 0.6) is 0 Å². The van der Waals surface area contributed by atoms with Crippen molar-refractivity contribution < 1.29 is 4.79 Å². The zero-order valence-electron chi connectivity index (χ0n) is 16.8. The number of aromatic nitrogens is 1. The molecule has 4 rings (SSSR count). The maximum atomic E-state index is 12.3. The van der Waals surface area contributed by atoms with E-state index in [1.165, 1.54) is 10.8 Å². The Kier molecular flexibility index (Phi) is 5.00. The number of hydrogen-bond donors (Lipinski definition) is 1. The fraction of sp³-hybridized carbons (Fsp3) is 0.120. The van der Waals surface area contributed by atoms with Gasteiger partial charge in [0.15, 0.2) is 0 Å². The predicted octanol–water partition coefficient (Wildman–Crippen LogP) is 5.32. The molecular weight excluding hydrogens is 358 g/mol. The quantitative estimate of drug-likeness (QED) is 0.377. The van der Waals surface area contributed by atoms with Crippen molar-refractivity contribution in [3.63, 3.8) is 0 Å². The van der Waals surface area contributed by atoms with Crippen molar-refractivity contribution in [2.45, 2.75) is 20.8 Å². The maximum Gasteiger partial charge on any atom is 0.271 e. The van der Waals surface area contributed by atoms with Gasteiger partial charge in [-0.1, -0.05) is 54.1 Å². The fourth-order valence-electron chi connectivity index (χ4n) is 3.70. The fourth-order valence-corrected chi connectivity index (χ4v) is 3.70. The van der Waals surface area contributed by atoms with Gasteiger partial charge in [-0.2, -0.15) is 5.10 Å². The molecule has 4 nitrogen and oxygen atoms in total. The highest BCUT2D eigenvalue weighted by molar-refractivity contribution is 5.95. The molecule has 0 spiro atoms. The monoisotopic (exact) mass is 381 g/mol. The zero-order chi connectivity index (χ0) is 20.4. The molecule has 1 aromatic heterocycles. The van der Waals surface area contributed by atoms with E-state index < -0.39 is 0 Å². The molecule has 1 amide bonds. The lowest BCUT2D eigenvalue weighted by Gasteiger charge is -2.12. The third kappa shape index (κ3) is 3.69. The van der Waals surface area contributed by atoms with Crippen molar-refractivity contribution in [3.05, 3.63) is 101 Å². The van der Waals surface area contributed by atoms with Crippen LogP contribution in [0.1, 0.15) is 32.9 Å². The van der Waals surface area contributed by atoms with E-state index in [4.69, 9.17) is 0 Å². The average molecular weight is 381 g/mol. The van der Waals surface area contributed by atoms with Crippen molar-refractivity contribution >= 4 is 22.9 Å². The number of benzene rings is 3. The van der Waals surface area contributed by atoms with Crippen molar-refractivity contribution in [2.75, 3.05) is 0 Å². The Labute approximate surface area is 170 Å². The first-order valence-corrected chi connectivity index (χ1v) is 9.62. The topological polar surface area (TPSA) is 46.4 Å². The summed E-state index contributed by atoms with van der Waals surface area (Å²) >= 11 is 0. The second-order valence-electron chi connectivity index (χ2n) is 7.23. The first-order valence-electron chi connectivity index (χ1n) is 9.62. The van der Waals surface area contributed by atoms with E-state index in [0.29, 0.717) is 5.56 Å². The van der Waals surface area contributed by atoms with E-state index in [9.17, 15) is 4.79 Å². The van der Waals surface area contributed by atoms with Gasteiger partial charge in [0.1, 0.15) is 0 Å². The van der Waals surface area contributed by atoms with Crippen LogP contribution >= 0.6 is 0 Å². The summed E-state index contributed by atoms with van der Waals surface area (Å²) in [5.41, 5.74) is 8.57. The highest BCUT2D eigenvalue weighted by atomic mass is 16.2. The molecule has 3 aromatic carbocycles. The van der Waals surface area contributed by atoms with E-state index in [1.54, 1.807) is 12.3 Å². The van der Waals surface area contributed by atoms with Gasteiger partial charge in [-0.25, -0.2) is 5.43 Å². The van der Waals surface area contributed by atoms with Gasteiger partial charge in [0, 0.05) is 27.9 Å². The molecule has 0 bridgehead atoms. The lowest BCUT2D eigenvalue weighted by Crippen LogP contribution is -2.17. The molecule has 0 unspecified atom stereocenters. The van der Waals surface area contributed by atoms with Crippen LogP contribution in [-0.2, 0) is 0 Å². The van der Waals surface area contributed by atoms with Crippen molar-refractivity contribution in [1.29, 1.82) is 0 Å². The molecule has 4 heteroatoms. The predicted molar refractivity (Wildman–Crippen MR) is 119 cm³/mol. The van der Waals surface area contributed by atoms with Gasteiger partial charge in [-0.05, 0) is 50.4 Å². The van der Waals surface area contributed by atoms with Crippen LogP contribution in [0.4, 0.5) is 0 Å². The molecule has 144 valence electrons. The maximum absolute atomic E-state index is 12.3. The second kappa shape index (κ2) is 7.76.